The third kappa shape index (κ3) is 2.29. The van der Waals surface area contributed by atoms with Gasteiger partial charge in [0.05, 0.1) is 0 Å². The number of piperidine rings is 1. The standard InChI is InChI=1S/C16H22N2O2/c1-12(20)17-8-7-16(14(10-17)11-19)18-9-6-13-4-2-3-5-15(13)18/h2-5,14,16,19H,6-11H2,1H3/t14-,16+/m1/s1. The number of carbonyl (C=O) groups excluding carboxylic acids is 1. The fourth-order valence-electron chi connectivity index (χ4n) is 3.60. The Bertz CT molecular complexity index is 503. The van der Waals surface area contributed by atoms with Crippen LogP contribution in [-0.2, 0) is 11.2 Å². The molecule has 4 nitrogen and oxygen atoms in total. The zero-order chi connectivity index (χ0) is 14.1. The van der Waals surface area contributed by atoms with Gasteiger partial charge in [-0.2, -0.15) is 0 Å². The average Bonchev–Trinajstić information content (AvgIpc) is 2.90. The number of aliphatic hydroxyl groups is 1. The van der Waals surface area contributed by atoms with Crippen molar-refractivity contribution in [1.29, 1.82) is 0 Å². The average molecular weight is 274 g/mol. The minimum absolute atomic E-state index is 0.115. The van der Waals surface area contributed by atoms with Crippen molar-refractivity contribution < 1.29 is 9.90 Å². The van der Waals surface area contributed by atoms with Crippen LogP contribution in [0, 0.1) is 5.92 Å². The minimum Gasteiger partial charge on any atom is -0.396 e. The first-order chi connectivity index (χ1) is 9.70. The summed E-state index contributed by atoms with van der Waals surface area (Å²) >= 11 is 0. The zero-order valence-corrected chi connectivity index (χ0v) is 12.0. The topological polar surface area (TPSA) is 43.8 Å². The van der Waals surface area contributed by atoms with Gasteiger partial charge in [0.2, 0.25) is 5.91 Å². The van der Waals surface area contributed by atoms with Crippen molar-refractivity contribution in [3.8, 4) is 0 Å². The lowest BCUT2D eigenvalue weighted by atomic mass is 9.91. The molecule has 0 unspecified atom stereocenters. The summed E-state index contributed by atoms with van der Waals surface area (Å²) in [5, 5.41) is 9.70. The Morgan fingerprint density at radius 3 is 2.90 bits per heavy atom. The van der Waals surface area contributed by atoms with Crippen LogP contribution < -0.4 is 4.90 Å². The fourth-order valence-corrected chi connectivity index (χ4v) is 3.60. The van der Waals surface area contributed by atoms with E-state index in [1.54, 1.807) is 6.92 Å². The van der Waals surface area contributed by atoms with Crippen molar-refractivity contribution in [2.45, 2.75) is 25.8 Å². The van der Waals surface area contributed by atoms with E-state index in [9.17, 15) is 9.90 Å². The molecule has 0 radical (unpaired) electrons. The summed E-state index contributed by atoms with van der Waals surface area (Å²) in [6, 6.07) is 8.88. The normalized spacial score (nSPS) is 25.7. The molecule has 1 aromatic rings. The molecule has 20 heavy (non-hydrogen) atoms. The Kier molecular flexibility index (Phi) is 3.66. The monoisotopic (exact) mass is 274 g/mol. The molecule has 3 rings (SSSR count). The number of likely N-dealkylation sites (tertiary alicyclic amines) is 1. The Hall–Kier alpha value is -1.55. The van der Waals surface area contributed by atoms with Crippen LogP contribution in [0.1, 0.15) is 18.9 Å². The molecule has 0 aromatic heterocycles. The summed E-state index contributed by atoms with van der Waals surface area (Å²) in [6.45, 7) is 4.26. The third-order valence-corrected chi connectivity index (χ3v) is 4.70. The number of hydrogen-bond acceptors (Lipinski definition) is 3. The predicted octanol–water partition coefficient (Wildman–Crippen LogP) is 1.28. The third-order valence-electron chi connectivity index (χ3n) is 4.70. The maximum atomic E-state index is 11.5. The molecule has 0 spiro atoms. The lowest BCUT2D eigenvalue weighted by molar-refractivity contribution is -0.131. The molecule has 4 heteroatoms. The van der Waals surface area contributed by atoms with Crippen LogP contribution in [0.2, 0.25) is 0 Å². The molecule has 1 saturated heterocycles. The quantitative estimate of drug-likeness (QED) is 0.883. The van der Waals surface area contributed by atoms with E-state index < -0.39 is 0 Å². The van der Waals surface area contributed by atoms with Gasteiger partial charge in [0.15, 0.2) is 0 Å². The van der Waals surface area contributed by atoms with Crippen molar-refractivity contribution in [2.75, 3.05) is 31.1 Å². The van der Waals surface area contributed by atoms with Crippen molar-refractivity contribution in [2.24, 2.45) is 5.92 Å². The first-order valence-electron chi connectivity index (χ1n) is 7.41. The van der Waals surface area contributed by atoms with Gasteiger partial charge in [-0.25, -0.2) is 0 Å². The second-order valence-corrected chi connectivity index (χ2v) is 5.84. The Labute approximate surface area is 120 Å². The molecule has 0 bridgehead atoms. The molecular weight excluding hydrogens is 252 g/mol. The summed E-state index contributed by atoms with van der Waals surface area (Å²) in [5.41, 5.74) is 2.71. The van der Waals surface area contributed by atoms with E-state index in [4.69, 9.17) is 0 Å². The predicted molar refractivity (Wildman–Crippen MR) is 78.7 cm³/mol. The number of amides is 1. The van der Waals surface area contributed by atoms with Gasteiger partial charge in [0.25, 0.3) is 0 Å². The van der Waals surface area contributed by atoms with E-state index in [-0.39, 0.29) is 18.4 Å². The minimum atomic E-state index is 0.115. The van der Waals surface area contributed by atoms with E-state index in [0.29, 0.717) is 12.6 Å². The largest absolute Gasteiger partial charge is 0.396 e. The smallest absolute Gasteiger partial charge is 0.219 e. The second-order valence-electron chi connectivity index (χ2n) is 5.84. The van der Waals surface area contributed by atoms with E-state index >= 15 is 0 Å². The molecule has 1 amide bonds. The van der Waals surface area contributed by atoms with Gasteiger partial charge in [0.1, 0.15) is 0 Å². The van der Waals surface area contributed by atoms with Gasteiger partial charge in [-0.1, -0.05) is 18.2 Å². The molecule has 0 aliphatic carbocycles. The number of carbonyl (C=O) groups is 1. The van der Waals surface area contributed by atoms with Gasteiger partial charge in [-0.15, -0.1) is 0 Å². The number of anilines is 1. The highest BCUT2D eigenvalue weighted by molar-refractivity contribution is 5.73. The van der Waals surface area contributed by atoms with Gasteiger partial charge >= 0.3 is 0 Å². The lowest BCUT2D eigenvalue weighted by Crippen LogP contribution is -2.53. The van der Waals surface area contributed by atoms with Crippen molar-refractivity contribution in [3.63, 3.8) is 0 Å². The number of hydrogen-bond donors (Lipinski definition) is 1. The van der Waals surface area contributed by atoms with E-state index in [1.807, 2.05) is 4.90 Å². The van der Waals surface area contributed by atoms with E-state index in [1.165, 1.54) is 11.3 Å². The van der Waals surface area contributed by atoms with E-state index in [2.05, 4.69) is 29.2 Å². The summed E-state index contributed by atoms with van der Waals surface area (Å²) in [7, 11) is 0. The van der Waals surface area contributed by atoms with Gasteiger partial charge in [-0.05, 0) is 24.5 Å². The van der Waals surface area contributed by atoms with Crippen LogP contribution in [0.15, 0.2) is 24.3 Å². The van der Waals surface area contributed by atoms with Crippen LogP contribution >= 0.6 is 0 Å². The van der Waals surface area contributed by atoms with Crippen molar-refractivity contribution >= 4 is 11.6 Å². The number of nitrogens with zero attached hydrogens (tertiary/aromatic N) is 2. The van der Waals surface area contributed by atoms with Gasteiger partial charge in [0, 0.05) is 50.8 Å². The fraction of sp³-hybridized carbons (Fsp3) is 0.562. The summed E-state index contributed by atoms with van der Waals surface area (Å²) < 4.78 is 0. The molecule has 1 aromatic carbocycles. The molecule has 0 saturated carbocycles. The zero-order valence-electron chi connectivity index (χ0n) is 12.0. The lowest BCUT2D eigenvalue weighted by Gasteiger charge is -2.43. The molecule has 108 valence electrons. The van der Waals surface area contributed by atoms with Crippen LogP contribution in [-0.4, -0.2) is 48.2 Å². The Balaban J connectivity index is 1.79. The number of para-hydroxylation sites is 1. The van der Waals surface area contributed by atoms with Gasteiger partial charge in [-0.3, -0.25) is 4.79 Å². The first-order valence-corrected chi connectivity index (χ1v) is 7.41. The SMILES string of the molecule is CC(=O)N1CC[C@H](N2CCc3ccccc32)[C@@H](CO)C1. The number of fused-ring (bicyclic) bond motifs is 1. The second kappa shape index (κ2) is 5.44. The highest BCUT2D eigenvalue weighted by atomic mass is 16.3. The van der Waals surface area contributed by atoms with Crippen LogP contribution in [0.5, 0.6) is 0 Å². The number of rotatable bonds is 2. The maximum Gasteiger partial charge on any atom is 0.219 e. The molecular formula is C16H22N2O2. The van der Waals surface area contributed by atoms with Crippen LogP contribution in [0.3, 0.4) is 0 Å². The highest BCUT2D eigenvalue weighted by Gasteiger charge is 2.36. The molecule has 2 aliphatic rings. The maximum absolute atomic E-state index is 11.5. The Morgan fingerprint density at radius 1 is 1.35 bits per heavy atom. The van der Waals surface area contributed by atoms with E-state index in [0.717, 1.165) is 25.9 Å². The molecule has 1 N–H and O–H groups in total. The highest BCUT2D eigenvalue weighted by Crippen LogP contribution is 2.34. The summed E-state index contributed by atoms with van der Waals surface area (Å²) in [4.78, 5) is 15.8. The molecule has 2 heterocycles. The molecule has 1 fully saturated rings. The number of aliphatic hydroxyl groups excluding tert-OH is 1. The summed E-state index contributed by atoms with van der Waals surface area (Å²) in [5.74, 6) is 0.266. The van der Waals surface area contributed by atoms with Crippen LogP contribution in [0.4, 0.5) is 5.69 Å². The van der Waals surface area contributed by atoms with Crippen molar-refractivity contribution in [3.05, 3.63) is 29.8 Å². The molecule has 2 atom stereocenters. The number of benzene rings is 1. The molecule has 2 aliphatic heterocycles. The first kappa shape index (κ1) is 13.4. The Morgan fingerprint density at radius 2 is 2.15 bits per heavy atom. The summed E-state index contributed by atoms with van der Waals surface area (Å²) in [6.07, 6.45) is 2.03. The van der Waals surface area contributed by atoms with Crippen molar-refractivity contribution in [1.82, 2.24) is 4.90 Å². The van der Waals surface area contributed by atoms with Gasteiger partial charge < -0.3 is 14.9 Å². The van der Waals surface area contributed by atoms with Crippen LogP contribution in [0.25, 0.3) is 0 Å².